The molecule has 0 amide bonds. The molecule has 0 fully saturated rings. The van der Waals surface area contributed by atoms with E-state index in [1.54, 1.807) is 0 Å². The molecule has 102 valence electrons. The van der Waals surface area contributed by atoms with Crippen molar-refractivity contribution in [2.45, 2.75) is 0 Å². The van der Waals surface area contributed by atoms with Crippen LogP contribution in [0.15, 0.2) is 30.5 Å². The van der Waals surface area contributed by atoms with Crippen molar-refractivity contribution in [3.8, 4) is 11.4 Å². The third-order valence-electron chi connectivity index (χ3n) is 3.15. The van der Waals surface area contributed by atoms with Crippen molar-refractivity contribution in [3.05, 3.63) is 35.5 Å². The van der Waals surface area contributed by atoms with Gasteiger partial charge in [-0.3, -0.25) is 0 Å². The number of aromatic amines is 1. The highest BCUT2D eigenvalue weighted by Gasteiger charge is 2.11. The van der Waals surface area contributed by atoms with Crippen LogP contribution < -0.4 is 10.6 Å². The number of nitrogens with two attached hydrogens (primary N) is 1. The number of hydrogen-bond acceptors (Lipinski definition) is 4. The maximum absolute atomic E-state index is 5.97. The second-order valence-electron chi connectivity index (χ2n) is 4.75. The van der Waals surface area contributed by atoms with E-state index in [0.717, 1.165) is 17.1 Å². The molecule has 0 aliphatic heterocycles. The summed E-state index contributed by atoms with van der Waals surface area (Å²) >= 11 is 5.97. The Morgan fingerprint density at radius 3 is 2.85 bits per heavy atom. The number of aromatic nitrogens is 3. The van der Waals surface area contributed by atoms with E-state index >= 15 is 0 Å². The Morgan fingerprint density at radius 2 is 2.10 bits per heavy atom. The van der Waals surface area contributed by atoms with E-state index in [-0.39, 0.29) is 0 Å². The topological polar surface area (TPSA) is 70.8 Å². The zero-order valence-electron chi connectivity index (χ0n) is 11.2. The molecule has 5 nitrogen and oxygen atoms in total. The van der Waals surface area contributed by atoms with E-state index in [1.165, 1.54) is 6.20 Å². The minimum Gasteiger partial charge on any atom is -0.396 e. The zero-order chi connectivity index (χ0) is 14.3. The lowest BCUT2D eigenvalue weighted by Crippen LogP contribution is -2.08. The molecule has 2 heterocycles. The molecule has 0 saturated heterocycles. The van der Waals surface area contributed by atoms with Crippen LogP contribution >= 0.6 is 11.6 Å². The van der Waals surface area contributed by atoms with Crippen LogP contribution in [-0.4, -0.2) is 29.0 Å². The van der Waals surface area contributed by atoms with Crippen LogP contribution in [0.4, 0.5) is 11.4 Å². The molecule has 3 aromatic rings. The summed E-state index contributed by atoms with van der Waals surface area (Å²) in [5.41, 5.74) is 9.72. The van der Waals surface area contributed by atoms with Crippen LogP contribution in [0, 0.1) is 0 Å². The molecule has 0 unspecified atom stereocenters. The van der Waals surface area contributed by atoms with E-state index in [4.69, 9.17) is 17.3 Å². The van der Waals surface area contributed by atoms with Crippen LogP contribution in [0.3, 0.4) is 0 Å². The van der Waals surface area contributed by atoms with E-state index in [9.17, 15) is 0 Å². The van der Waals surface area contributed by atoms with Crippen molar-refractivity contribution in [1.82, 2.24) is 15.0 Å². The molecular formula is C14H14ClN5. The number of nitrogen functional groups attached to an aromatic ring is 1. The van der Waals surface area contributed by atoms with Gasteiger partial charge < -0.3 is 15.6 Å². The number of nitrogens with zero attached hydrogens (tertiary/aromatic N) is 3. The van der Waals surface area contributed by atoms with E-state index in [2.05, 4.69) is 21.0 Å². The van der Waals surface area contributed by atoms with Crippen molar-refractivity contribution < 1.29 is 0 Å². The molecule has 1 aromatic carbocycles. The third kappa shape index (κ3) is 2.06. The first kappa shape index (κ1) is 12.7. The van der Waals surface area contributed by atoms with Crippen LogP contribution in [0.1, 0.15) is 0 Å². The molecule has 2 aromatic heterocycles. The van der Waals surface area contributed by atoms with Crippen LogP contribution in [-0.2, 0) is 0 Å². The number of benzene rings is 1. The third-order valence-corrected chi connectivity index (χ3v) is 3.45. The summed E-state index contributed by atoms with van der Waals surface area (Å²) in [7, 11) is 3.99. The van der Waals surface area contributed by atoms with Gasteiger partial charge in [-0.25, -0.2) is 9.97 Å². The lowest BCUT2D eigenvalue weighted by molar-refractivity contribution is 1.13. The van der Waals surface area contributed by atoms with Crippen molar-refractivity contribution in [3.63, 3.8) is 0 Å². The predicted octanol–water partition coefficient (Wildman–Crippen LogP) is 2.93. The first-order valence-electron chi connectivity index (χ1n) is 6.13. The Labute approximate surface area is 121 Å². The fraction of sp³-hybridized carbons (Fsp3) is 0.143. The molecule has 0 aliphatic carbocycles. The SMILES string of the molecule is CN(C)c1cccc(-c2nc3ncc(Cl)c(N)c3[nH]2)c1. The summed E-state index contributed by atoms with van der Waals surface area (Å²) in [6.45, 7) is 0. The maximum atomic E-state index is 5.97. The van der Waals surface area contributed by atoms with Gasteiger partial charge in [0.2, 0.25) is 0 Å². The highest BCUT2D eigenvalue weighted by Crippen LogP contribution is 2.28. The summed E-state index contributed by atoms with van der Waals surface area (Å²) in [5.74, 6) is 0.727. The predicted molar refractivity (Wildman–Crippen MR) is 83.1 cm³/mol. The van der Waals surface area contributed by atoms with Crippen molar-refractivity contribution in [2.75, 3.05) is 24.7 Å². The smallest absolute Gasteiger partial charge is 0.180 e. The normalized spacial score (nSPS) is 10.9. The van der Waals surface area contributed by atoms with Crippen LogP contribution in [0.25, 0.3) is 22.6 Å². The molecule has 0 atom stereocenters. The maximum Gasteiger partial charge on any atom is 0.180 e. The molecule has 20 heavy (non-hydrogen) atoms. The molecule has 3 N–H and O–H groups in total. The highest BCUT2D eigenvalue weighted by atomic mass is 35.5. The van der Waals surface area contributed by atoms with Gasteiger partial charge in [-0.2, -0.15) is 0 Å². The number of anilines is 2. The van der Waals surface area contributed by atoms with Crippen LogP contribution in [0.5, 0.6) is 0 Å². The van der Waals surface area contributed by atoms with Crippen molar-refractivity contribution >= 4 is 34.1 Å². The van der Waals surface area contributed by atoms with Gasteiger partial charge >= 0.3 is 0 Å². The Balaban J connectivity index is 2.15. The standard InChI is InChI=1S/C14H14ClN5/c1-20(2)9-5-3-4-8(6-9)13-18-12-11(16)10(15)7-17-14(12)19-13/h3-7H,1-2H3,(H3,16,17,18,19). The Hall–Kier alpha value is -2.27. The number of pyridine rings is 1. The van der Waals surface area contributed by atoms with Crippen molar-refractivity contribution in [2.24, 2.45) is 0 Å². The quantitative estimate of drug-likeness (QED) is 0.760. The van der Waals surface area contributed by atoms with E-state index in [0.29, 0.717) is 21.9 Å². The molecule has 0 aliphatic rings. The summed E-state index contributed by atoms with van der Waals surface area (Å²) in [6.07, 6.45) is 1.51. The number of hydrogen-bond donors (Lipinski definition) is 2. The first-order valence-corrected chi connectivity index (χ1v) is 6.51. The van der Waals surface area contributed by atoms with Gasteiger partial charge in [-0.1, -0.05) is 23.7 Å². The largest absolute Gasteiger partial charge is 0.396 e. The minimum absolute atomic E-state index is 0.426. The summed E-state index contributed by atoms with van der Waals surface area (Å²) < 4.78 is 0. The van der Waals surface area contributed by atoms with Crippen molar-refractivity contribution in [1.29, 1.82) is 0 Å². The van der Waals surface area contributed by atoms with Gasteiger partial charge in [0.25, 0.3) is 0 Å². The van der Waals surface area contributed by atoms with Gasteiger partial charge in [0.05, 0.1) is 16.9 Å². The van der Waals surface area contributed by atoms with Gasteiger partial charge in [0.1, 0.15) is 11.3 Å². The van der Waals surface area contributed by atoms with E-state index in [1.807, 2.05) is 37.2 Å². The number of rotatable bonds is 2. The molecular weight excluding hydrogens is 274 g/mol. The molecule has 3 rings (SSSR count). The molecule has 0 spiro atoms. The van der Waals surface area contributed by atoms with Crippen LogP contribution in [0.2, 0.25) is 5.02 Å². The fourth-order valence-electron chi connectivity index (χ4n) is 2.02. The number of halogens is 1. The first-order chi connectivity index (χ1) is 9.56. The van der Waals surface area contributed by atoms with Gasteiger partial charge in [0, 0.05) is 25.3 Å². The summed E-state index contributed by atoms with van der Waals surface area (Å²) in [6, 6.07) is 8.06. The Bertz CT molecular complexity index is 778. The summed E-state index contributed by atoms with van der Waals surface area (Å²) in [5, 5.41) is 0.426. The van der Waals surface area contributed by atoms with Gasteiger partial charge in [-0.05, 0) is 12.1 Å². The number of nitrogens with one attached hydrogen (secondary N) is 1. The fourth-order valence-corrected chi connectivity index (χ4v) is 2.16. The Morgan fingerprint density at radius 1 is 1.30 bits per heavy atom. The molecule has 0 radical (unpaired) electrons. The van der Waals surface area contributed by atoms with E-state index < -0.39 is 0 Å². The average molecular weight is 288 g/mol. The number of H-pyrrole nitrogens is 1. The molecule has 0 bridgehead atoms. The lowest BCUT2D eigenvalue weighted by Gasteiger charge is -2.12. The number of fused-ring (bicyclic) bond motifs is 1. The second kappa shape index (κ2) is 4.68. The minimum atomic E-state index is 0.426. The average Bonchev–Trinajstić information content (AvgIpc) is 2.88. The second-order valence-corrected chi connectivity index (χ2v) is 5.16. The Kier molecular flexibility index (Phi) is 2.99. The highest BCUT2D eigenvalue weighted by molar-refractivity contribution is 6.34. The molecule has 6 heteroatoms. The summed E-state index contributed by atoms with van der Waals surface area (Å²) in [4.78, 5) is 13.9. The number of imidazole rings is 1. The van der Waals surface area contributed by atoms with Gasteiger partial charge in [0.15, 0.2) is 5.65 Å². The molecule has 0 saturated carbocycles. The monoisotopic (exact) mass is 287 g/mol. The zero-order valence-corrected chi connectivity index (χ0v) is 11.9. The lowest BCUT2D eigenvalue weighted by atomic mass is 10.2. The van der Waals surface area contributed by atoms with Gasteiger partial charge in [-0.15, -0.1) is 0 Å².